The second-order valence-corrected chi connectivity index (χ2v) is 8.57. The lowest BCUT2D eigenvalue weighted by Crippen LogP contribution is -2.44. The van der Waals surface area contributed by atoms with Gasteiger partial charge in [-0.2, -0.15) is 0 Å². The van der Waals surface area contributed by atoms with E-state index in [1.54, 1.807) is 0 Å². The Kier molecular flexibility index (Phi) is 10.1. The SMILES string of the molecule is CCNC(=NCc1cccc(NC(=O)CN(C)C)c1)NCC1(CCO)CCCCC1. The van der Waals surface area contributed by atoms with Crippen LogP contribution in [0.2, 0.25) is 0 Å². The van der Waals surface area contributed by atoms with E-state index < -0.39 is 0 Å². The Morgan fingerprint density at radius 2 is 1.97 bits per heavy atom. The number of likely N-dealkylation sites (N-methyl/N-ethyl adjacent to an activating group) is 1. The third kappa shape index (κ3) is 8.32. The topological polar surface area (TPSA) is 89.0 Å². The van der Waals surface area contributed by atoms with E-state index in [-0.39, 0.29) is 17.9 Å². The fourth-order valence-electron chi connectivity index (χ4n) is 4.07. The van der Waals surface area contributed by atoms with Gasteiger partial charge in [0.05, 0.1) is 13.1 Å². The van der Waals surface area contributed by atoms with E-state index in [0.717, 1.165) is 49.6 Å². The van der Waals surface area contributed by atoms with Gasteiger partial charge in [0.25, 0.3) is 0 Å². The molecule has 0 saturated heterocycles. The quantitative estimate of drug-likeness (QED) is 0.347. The van der Waals surface area contributed by atoms with Gasteiger partial charge in [0.15, 0.2) is 5.96 Å². The highest BCUT2D eigenvalue weighted by molar-refractivity contribution is 5.92. The molecule has 7 heteroatoms. The fourth-order valence-corrected chi connectivity index (χ4v) is 4.07. The van der Waals surface area contributed by atoms with E-state index in [0.29, 0.717) is 13.1 Å². The van der Waals surface area contributed by atoms with Crippen molar-refractivity contribution in [2.75, 3.05) is 45.7 Å². The lowest BCUT2D eigenvalue weighted by molar-refractivity contribution is -0.116. The number of nitrogens with zero attached hydrogens (tertiary/aromatic N) is 2. The molecule has 1 aromatic rings. The van der Waals surface area contributed by atoms with E-state index >= 15 is 0 Å². The number of aliphatic imine (C=N–C) groups is 1. The summed E-state index contributed by atoms with van der Waals surface area (Å²) < 4.78 is 0. The number of nitrogens with one attached hydrogen (secondary N) is 3. The van der Waals surface area contributed by atoms with Gasteiger partial charge in [-0.1, -0.05) is 31.4 Å². The van der Waals surface area contributed by atoms with Gasteiger partial charge in [-0.3, -0.25) is 4.79 Å². The average molecular weight is 418 g/mol. The Hall–Kier alpha value is -2.12. The van der Waals surface area contributed by atoms with Crippen molar-refractivity contribution in [3.63, 3.8) is 0 Å². The Labute approximate surface area is 181 Å². The summed E-state index contributed by atoms with van der Waals surface area (Å²) in [7, 11) is 3.75. The maximum absolute atomic E-state index is 12.0. The van der Waals surface area contributed by atoms with Crippen LogP contribution in [-0.2, 0) is 11.3 Å². The molecule has 0 heterocycles. The number of guanidine groups is 1. The number of hydrogen-bond acceptors (Lipinski definition) is 4. The summed E-state index contributed by atoms with van der Waals surface area (Å²) in [5.41, 5.74) is 1.99. The summed E-state index contributed by atoms with van der Waals surface area (Å²) in [6.45, 7) is 4.80. The molecular weight excluding hydrogens is 378 g/mol. The van der Waals surface area contributed by atoms with Crippen molar-refractivity contribution in [1.29, 1.82) is 0 Å². The zero-order chi connectivity index (χ0) is 21.8. The summed E-state index contributed by atoms with van der Waals surface area (Å²) in [5, 5.41) is 19.3. The van der Waals surface area contributed by atoms with Crippen molar-refractivity contribution in [3.8, 4) is 0 Å². The maximum atomic E-state index is 12.0. The highest BCUT2D eigenvalue weighted by Crippen LogP contribution is 2.38. The van der Waals surface area contributed by atoms with Crippen molar-refractivity contribution >= 4 is 17.6 Å². The number of aliphatic hydroxyl groups is 1. The average Bonchev–Trinajstić information content (AvgIpc) is 2.71. The molecule has 0 aliphatic heterocycles. The lowest BCUT2D eigenvalue weighted by Gasteiger charge is -2.37. The molecule has 1 saturated carbocycles. The largest absolute Gasteiger partial charge is 0.396 e. The summed E-state index contributed by atoms with van der Waals surface area (Å²) in [6.07, 6.45) is 6.93. The van der Waals surface area contributed by atoms with E-state index in [4.69, 9.17) is 4.99 Å². The van der Waals surface area contributed by atoms with Gasteiger partial charge in [-0.05, 0) is 63.4 Å². The molecule has 1 amide bonds. The van der Waals surface area contributed by atoms with Crippen LogP contribution in [-0.4, -0.2) is 62.2 Å². The third-order valence-corrected chi connectivity index (χ3v) is 5.62. The maximum Gasteiger partial charge on any atom is 0.238 e. The van der Waals surface area contributed by atoms with Crippen LogP contribution in [0.5, 0.6) is 0 Å². The minimum Gasteiger partial charge on any atom is -0.396 e. The molecule has 7 nitrogen and oxygen atoms in total. The number of carbonyl (C=O) groups is 1. The van der Waals surface area contributed by atoms with Crippen molar-refractivity contribution < 1.29 is 9.90 Å². The highest BCUT2D eigenvalue weighted by atomic mass is 16.3. The third-order valence-electron chi connectivity index (χ3n) is 5.62. The van der Waals surface area contributed by atoms with Crippen LogP contribution in [0.25, 0.3) is 0 Å². The Morgan fingerprint density at radius 3 is 2.63 bits per heavy atom. The van der Waals surface area contributed by atoms with Gasteiger partial charge in [-0.15, -0.1) is 0 Å². The molecule has 1 aliphatic carbocycles. The number of aliphatic hydroxyl groups excluding tert-OH is 1. The molecule has 0 unspecified atom stereocenters. The van der Waals surface area contributed by atoms with E-state index in [9.17, 15) is 9.90 Å². The van der Waals surface area contributed by atoms with E-state index in [1.165, 1.54) is 19.3 Å². The Morgan fingerprint density at radius 1 is 1.20 bits per heavy atom. The minimum atomic E-state index is -0.0303. The number of anilines is 1. The van der Waals surface area contributed by atoms with Gasteiger partial charge in [0.1, 0.15) is 0 Å². The van der Waals surface area contributed by atoms with Gasteiger partial charge >= 0.3 is 0 Å². The highest BCUT2D eigenvalue weighted by Gasteiger charge is 2.31. The monoisotopic (exact) mass is 417 g/mol. The fraction of sp³-hybridized carbons (Fsp3) is 0.652. The van der Waals surface area contributed by atoms with Crippen LogP contribution >= 0.6 is 0 Å². The first-order valence-corrected chi connectivity index (χ1v) is 11.1. The summed E-state index contributed by atoms with van der Waals surface area (Å²) in [5.74, 6) is 0.764. The Balaban J connectivity index is 1.98. The molecule has 0 atom stereocenters. The molecular formula is C23H39N5O2. The predicted molar refractivity (Wildman–Crippen MR) is 124 cm³/mol. The van der Waals surface area contributed by atoms with Crippen LogP contribution in [0.4, 0.5) is 5.69 Å². The summed E-state index contributed by atoms with van der Waals surface area (Å²) >= 11 is 0. The molecule has 4 N–H and O–H groups in total. The molecule has 0 spiro atoms. The van der Waals surface area contributed by atoms with Gasteiger partial charge in [0, 0.05) is 25.4 Å². The van der Waals surface area contributed by atoms with Crippen LogP contribution in [0.1, 0.15) is 51.0 Å². The number of hydrogen-bond donors (Lipinski definition) is 4. The normalized spacial score (nSPS) is 16.4. The van der Waals surface area contributed by atoms with Gasteiger partial charge < -0.3 is 26.0 Å². The summed E-state index contributed by atoms with van der Waals surface area (Å²) in [6, 6.07) is 7.82. The first-order valence-electron chi connectivity index (χ1n) is 11.1. The molecule has 1 aliphatic rings. The second kappa shape index (κ2) is 12.5. The number of carbonyl (C=O) groups excluding carboxylic acids is 1. The molecule has 0 radical (unpaired) electrons. The molecule has 1 fully saturated rings. The zero-order valence-corrected chi connectivity index (χ0v) is 18.8. The molecule has 1 aromatic carbocycles. The number of rotatable bonds is 10. The zero-order valence-electron chi connectivity index (χ0n) is 18.8. The number of amides is 1. The van der Waals surface area contributed by atoms with Crippen LogP contribution in [0.15, 0.2) is 29.3 Å². The molecule has 30 heavy (non-hydrogen) atoms. The lowest BCUT2D eigenvalue weighted by atomic mass is 9.72. The standard InChI is InChI=1S/C23H39N5O2/c1-4-24-22(26-18-23(13-14-29)11-6-5-7-12-23)25-16-19-9-8-10-20(15-19)27-21(30)17-28(2)3/h8-10,15,29H,4-7,11-14,16-18H2,1-3H3,(H,27,30)(H2,24,25,26). The first kappa shape index (κ1) is 24.2. The van der Waals surface area contributed by atoms with Gasteiger partial charge in [-0.25, -0.2) is 4.99 Å². The van der Waals surface area contributed by atoms with Crippen molar-refractivity contribution in [2.24, 2.45) is 10.4 Å². The first-order chi connectivity index (χ1) is 14.5. The molecule has 0 bridgehead atoms. The van der Waals surface area contributed by atoms with Gasteiger partial charge in [0.2, 0.25) is 5.91 Å². The molecule has 0 aromatic heterocycles. The van der Waals surface area contributed by atoms with Crippen molar-refractivity contribution in [1.82, 2.24) is 15.5 Å². The van der Waals surface area contributed by atoms with Crippen LogP contribution in [0, 0.1) is 5.41 Å². The smallest absolute Gasteiger partial charge is 0.238 e. The number of benzene rings is 1. The second-order valence-electron chi connectivity index (χ2n) is 8.57. The van der Waals surface area contributed by atoms with Crippen LogP contribution in [0.3, 0.4) is 0 Å². The van der Waals surface area contributed by atoms with Crippen molar-refractivity contribution in [2.45, 2.75) is 52.0 Å². The minimum absolute atomic E-state index is 0.0303. The molecule has 2 rings (SSSR count). The predicted octanol–water partition coefficient (Wildman–Crippen LogP) is 2.57. The van der Waals surface area contributed by atoms with Crippen molar-refractivity contribution in [3.05, 3.63) is 29.8 Å². The van der Waals surface area contributed by atoms with E-state index in [1.807, 2.05) is 43.3 Å². The summed E-state index contributed by atoms with van der Waals surface area (Å²) in [4.78, 5) is 18.6. The molecule has 168 valence electrons. The Bertz CT molecular complexity index is 678. The van der Waals surface area contributed by atoms with E-state index in [2.05, 4.69) is 22.9 Å². The van der Waals surface area contributed by atoms with Crippen LogP contribution < -0.4 is 16.0 Å².